The quantitative estimate of drug-likeness (QED) is 0.293. The third-order valence-electron chi connectivity index (χ3n) is 11.3. The highest BCUT2D eigenvalue weighted by Gasteiger charge is 2.70. The van der Waals surface area contributed by atoms with E-state index in [1.54, 1.807) is 0 Å². The second-order valence-electron chi connectivity index (χ2n) is 13.1. The Morgan fingerprint density at radius 3 is 2.45 bits per heavy atom. The van der Waals surface area contributed by atoms with Gasteiger partial charge in [-0.25, -0.2) is 0 Å². The van der Waals surface area contributed by atoms with Gasteiger partial charge < -0.3 is 15.0 Å². The molecule has 9 atom stereocenters. The number of carbonyl (C=O) groups excluding carboxylic acids is 1. The highest BCUT2D eigenvalue weighted by molar-refractivity contribution is 5.65. The van der Waals surface area contributed by atoms with E-state index in [2.05, 4.69) is 59.4 Å². The fraction of sp³-hybridized carbons (Fsp3) is 0.767. The predicted molar refractivity (Wildman–Crippen MR) is 134 cm³/mol. The Morgan fingerprint density at radius 2 is 1.82 bits per heavy atom. The Morgan fingerprint density at radius 1 is 1.12 bits per heavy atom. The van der Waals surface area contributed by atoms with Crippen LogP contribution in [0.5, 0.6) is 0 Å². The molecule has 0 amide bonds. The third kappa shape index (κ3) is 3.39. The number of hydrogen-bond donors (Lipinski definition) is 2. The topological polar surface area (TPSA) is 57.5 Å². The van der Waals surface area contributed by atoms with Crippen molar-refractivity contribution in [3.05, 3.63) is 36.0 Å². The Hall–Kier alpha value is -1.19. The van der Waals surface area contributed by atoms with Crippen molar-refractivity contribution in [3.8, 4) is 0 Å². The number of carbonyl (C=O) groups is 1. The van der Waals surface area contributed by atoms with E-state index in [0.29, 0.717) is 11.8 Å². The van der Waals surface area contributed by atoms with Gasteiger partial charge in [-0.05, 0) is 80.5 Å². The van der Waals surface area contributed by atoms with Crippen molar-refractivity contribution in [3.63, 3.8) is 0 Å². The highest BCUT2D eigenvalue weighted by atomic mass is 16.3. The van der Waals surface area contributed by atoms with E-state index in [1.807, 2.05) is 6.92 Å². The van der Waals surface area contributed by atoms with Crippen molar-refractivity contribution < 1.29 is 15.0 Å². The molecular formula is C30H46O3. The molecule has 4 aliphatic rings. The van der Waals surface area contributed by atoms with Crippen molar-refractivity contribution in [1.82, 2.24) is 0 Å². The molecule has 0 radical (unpaired) electrons. The third-order valence-corrected chi connectivity index (χ3v) is 11.3. The molecular weight excluding hydrogens is 408 g/mol. The monoisotopic (exact) mass is 454 g/mol. The largest absolute Gasteiger partial charge is 0.392 e. The summed E-state index contributed by atoms with van der Waals surface area (Å²) in [4.78, 5) is 13.0. The molecule has 3 nitrogen and oxygen atoms in total. The molecule has 0 aromatic carbocycles. The molecule has 9 unspecified atom stereocenters. The number of fused-ring (bicyclic) bond motifs is 5. The van der Waals surface area contributed by atoms with Gasteiger partial charge in [0.15, 0.2) is 0 Å². The van der Waals surface area contributed by atoms with E-state index in [0.717, 1.165) is 49.7 Å². The number of allylic oxidation sites excluding steroid dienone is 3. The van der Waals surface area contributed by atoms with Crippen LogP contribution in [0.1, 0.15) is 86.5 Å². The molecule has 0 aromatic heterocycles. The zero-order chi connectivity index (χ0) is 24.4. The Bertz CT molecular complexity index is 868. The molecule has 4 aliphatic carbocycles. The molecule has 2 N–H and O–H groups in total. The van der Waals surface area contributed by atoms with Crippen LogP contribution in [-0.4, -0.2) is 28.7 Å². The van der Waals surface area contributed by atoms with Gasteiger partial charge in [-0.3, -0.25) is 0 Å². The van der Waals surface area contributed by atoms with Crippen LogP contribution in [0, 0.1) is 45.3 Å². The van der Waals surface area contributed by atoms with E-state index in [1.165, 1.54) is 12.7 Å². The summed E-state index contributed by atoms with van der Waals surface area (Å²) >= 11 is 0. The minimum atomic E-state index is -0.631. The second-order valence-corrected chi connectivity index (χ2v) is 13.1. The van der Waals surface area contributed by atoms with Crippen LogP contribution < -0.4 is 0 Å². The molecule has 0 aliphatic heterocycles. The van der Waals surface area contributed by atoms with Crippen LogP contribution >= 0.6 is 0 Å². The summed E-state index contributed by atoms with van der Waals surface area (Å²) in [5.41, 5.74) is 1.33. The maximum atomic E-state index is 13.0. The van der Waals surface area contributed by atoms with E-state index >= 15 is 0 Å². The zero-order valence-corrected chi connectivity index (χ0v) is 21.7. The molecule has 3 fully saturated rings. The molecule has 0 heterocycles. The average Bonchev–Trinajstić information content (AvgIpc) is 3.01. The SMILES string of the molecule is C=C(C)C=CCC(C)C1CCC2(C)C3C(O)C=C4C(CCC(O)C4(C)C)C3(C=O)CCC12C. The Labute approximate surface area is 201 Å². The van der Waals surface area contributed by atoms with Crippen LogP contribution in [0.4, 0.5) is 0 Å². The molecule has 3 heteroatoms. The molecule has 0 saturated heterocycles. The maximum Gasteiger partial charge on any atom is 0.127 e. The van der Waals surface area contributed by atoms with Gasteiger partial charge >= 0.3 is 0 Å². The lowest BCUT2D eigenvalue weighted by atomic mass is 9.38. The smallest absolute Gasteiger partial charge is 0.127 e. The number of rotatable bonds is 5. The molecule has 0 aromatic rings. The normalized spacial score (nSPS) is 47.3. The molecule has 33 heavy (non-hydrogen) atoms. The minimum absolute atomic E-state index is 0.0517. The predicted octanol–water partition coefficient (Wildman–Crippen LogP) is 6.26. The van der Waals surface area contributed by atoms with Crippen LogP contribution in [0.2, 0.25) is 0 Å². The first-order chi connectivity index (χ1) is 15.3. The van der Waals surface area contributed by atoms with Crippen LogP contribution in [0.15, 0.2) is 36.0 Å². The van der Waals surface area contributed by atoms with Gasteiger partial charge in [0, 0.05) is 16.7 Å². The molecule has 184 valence electrons. The zero-order valence-electron chi connectivity index (χ0n) is 21.7. The summed E-state index contributed by atoms with van der Waals surface area (Å²) in [7, 11) is 0. The molecule has 3 saturated carbocycles. The van der Waals surface area contributed by atoms with Crippen LogP contribution in [0.25, 0.3) is 0 Å². The fourth-order valence-corrected chi connectivity index (χ4v) is 9.20. The van der Waals surface area contributed by atoms with Crippen molar-refractivity contribution in [1.29, 1.82) is 0 Å². The van der Waals surface area contributed by atoms with Gasteiger partial charge in [0.25, 0.3) is 0 Å². The van der Waals surface area contributed by atoms with E-state index in [9.17, 15) is 15.0 Å². The number of aldehydes is 1. The lowest BCUT2D eigenvalue weighted by Crippen LogP contribution is -2.64. The second kappa shape index (κ2) is 8.19. The van der Waals surface area contributed by atoms with E-state index < -0.39 is 23.0 Å². The van der Waals surface area contributed by atoms with Gasteiger partial charge in [0.1, 0.15) is 6.29 Å². The molecule has 0 bridgehead atoms. The first-order valence-electron chi connectivity index (χ1n) is 13.2. The van der Waals surface area contributed by atoms with Crippen LogP contribution in [-0.2, 0) is 4.79 Å². The van der Waals surface area contributed by atoms with Crippen molar-refractivity contribution in [2.24, 2.45) is 45.3 Å². The summed E-state index contributed by atoms with van der Waals surface area (Å²) < 4.78 is 0. The standard InChI is InChI=1S/C30H46O3/c1-19(2)9-8-10-20(3)21-13-14-29(7)26-24(32)17-23-22(11-12-25(33)27(23,4)5)30(26,18-31)16-15-28(21,29)6/h8-9,17-18,20-22,24-26,32-33H,1,10-16H2,2-7H3. The molecule has 0 spiro atoms. The average molecular weight is 455 g/mol. The minimum Gasteiger partial charge on any atom is -0.392 e. The van der Waals surface area contributed by atoms with Crippen molar-refractivity contribution >= 4 is 6.29 Å². The Balaban J connectivity index is 1.73. The highest BCUT2D eigenvalue weighted by Crippen LogP contribution is 2.74. The maximum absolute atomic E-state index is 13.0. The lowest BCUT2D eigenvalue weighted by molar-refractivity contribution is -0.182. The number of aliphatic hydroxyl groups excluding tert-OH is 2. The number of hydrogen-bond acceptors (Lipinski definition) is 3. The summed E-state index contributed by atoms with van der Waals surface area (Å²) in [5, 5.41) is 22.4. The molecule has 4 rings (SSSR count). The van der Waals surface area contributed by atoms with E-state index in [-0.39, 0.29) is 22.7 Å². The summed E-state index contributed by atoms with van der Waals surface area (Å²) in [6, 6.07) is 0. The van der Waals surface area contributed by atoms with Gasteiger partial charge in [-0.1, -0.05) is 70.6 Å². The van der Waals surface area contributed by atoms with Crippen molar-refractivity contribution in [2.75, 3.05) is 0 Å². The lowest BCUT2D eigenvalue weighted by Gasteiger charge is -2.66. The van der Waals surface area contributed by atoms with Gasteiger partial charge in [-0.2, -0.15) is 0 Å². The summed E-state index contributed by atoms with van der Waals surface area (Å²) in [5.74, 6) is 1.23. The summed E-state index contributed by atoms with van der Waals surface area (Å²) in [6.07, 6.45) is 13.4. The fourth-order valence-electron chi connectivity index (χ4n) is 9.20. The van der Waals surface area contributed by atoms with Crippen molar-refractivity contribution in [2.45, 2.75) is 98.7 Å². The number of aliphatic hydroxyl groups is 2. The first-order valence-corrected chi connectivity index (χ1v) is 13.2. The van der Waals surface area contributed by atoms with Gasteiger partial charge in [-0.15, -0.1) is 0 Å². The van der Waals surface area contributed by atoms with Crippen LogP contribution in [0.3, 0.4) is 0 Å². The first kappa shape index (κ1) is 24.9. The van der Waals surface area contributed by atoms with Gasteiger partial charge in [0.2, 0.25) is 0 Å². The van der Waals surface area contributed by atoms with E-state index in [4.69, 9.17) is 0 Å². The Kier molecular flexibility index (Phi) is 6.19. The summed E-state index contributed by atoms with van der Waals surface area (Å²) in [6.45, 7) is 17.4. The van der Waals surface area contributed by atoms with Gasteiger partial charge in [0.05, 0.1) is 12.2 Å².